The second kappa shape index (κ2) is 4.33. The molecule has 0 saturated carbocycles. The highest BCUT2D eigenvalue weighted by Crippen LogP contribution is 2.19. The molecule has 1 unspecified atom stereocenters. The lowest BCUT2D eigenvalue weighted by Crippen LogP contribution is -2.26. The Morgan fingerprint density at radius 1 is 1.60 bits per heavy atom. The van der Waals surface area contributed by atoms with Gasteiger partial charge in [-0.15, -0.1) is 0 Å². The smallest absolute Gasteiger partial charge is 0.138 e. The number of hydrogen-bond donors (Lipinski definition) is 1. The van der Waals surface area contributed by atoms with Gasteiger partial charge in [0.05, 0.1) is 5.69 Å². The number of aryl methyl sites for hydroxylation is 2. The zero-order valence-corrected chi connectivity index (χ0v) is 9.49. The van der Waals surface area contributed by atoms with Crippen LogP contribution >= 0.6 is 0 Å². The summed E-state index contributed by atoms with van der Waals surface area (Å²) >= 11 is 0. The predicted octanol–water partition coefficient (Wildman–Crippen LogP) is 1.08. The van der Waals surface area contributed by atoms with Gasteiger partial charge in [-0.3, -0.25) is 4.90 Å². The first kappa shape index (κ1) is 10.6. The van der Waals surface area contributed by atoms with Gasteiger partial charge in [0.15, 0.2) is 0 Å². The molecule has 1 saturated heterocycles. The standard InChI is InChI=1S/C11H19N3O/c1-3-11-10(8(2)15-13-11)7-14-5-4-9(12)6-14/h9H,3-7,12H2,1-2H3. The van der Waals surface area contributed by atoms with E-state index in [2.05, 4.69) is 17.0 Å². The van der Waals surface area contributed by atoms with Gasteiger partial charge < -0.3 is 10.3 Å². The molecule has 1 aliphatic heterocycles. The van der Waals surface area contributed by atoms with Gasteiger partial charge in [-0.05, 0) is 19.8 Å². The Morgan fingerprint density at radius 2 is 2.40 bits per heavy atom. The first-order valence-electron chi connectivity index (χ1n) is 5.62. The summed E-state index contributed by atoms with van der Waals surface area (Å²) in [7, 11) is 0. The van der Waals surface area contributed by atoms with Crippen LogP contribution in [0.15, 0.2) is 4.52 Å². The minimum Gasteiger partial charge on any atom is -0.361 e. The molecule has 0 bridgehead atoms. The van der Waals surface area contributed by atoms with Gasteiger partial charge in [-0.25, -0.2) is 0 Å². The third-order valence-electron chi connectivity index (χ3n) is 3.09. The third kappa shape index (κ3) is 2.21. The Bertz CT molecular complexity index is 335. The maximum absolute atomic E-state index is 5.88. The zero-order chi connectivity index (χ0) is 10.8. The van der Waals surface area contributed by atoms with Crippen LogP contribution in [0.3, 0.4) is 0 Å². The fourth-order valence-electron chi connectivity index (χ4n) is 2.15. The molecule has 0 radical (unpaired) electrons. The number of hydrogen-bond acceptors (Lipinski definition) is 4. The van der Waals surface area contributed by atoms with Crippen LogP contribution in [0.5, 0.6) is 0 Å². The van der Waals surface area contributed by atoms with Crippen LogP contribution in [0.1, 0.15) is 30.4 Å². The Labute approximate surface area is 90.4 Å². The third-order valence-corrected chi connectivity index (χ3v) is 3.09. The van der Waals surface area contributed by atoms with Gasteiger partial charge in [-0.2, -0.15) is 0 Å². The van der Waals surface area contributed by atoms with Crippen molar-refractivity contribution >= 4 is 0 Å². The van der Waals surface area contributed by atoms with E-state index in [-0.39, 0.29) is 0 Å². The van der Waals surface area contributed by atoms with Crippen molar-refractivity contribution in [1.82, 2.24) is 10.1 Å². The number of nitrogens with zero attached hydrogens (tertiary/aromatic N) is 2. The highest BCUT2D eigenvalue weighted by atomic mass is 16.5. The Balaban J connectivity index is 2.06. The molecular weight excluding hydrogens is 190 g/mol. The van der Waals surface area contributed by atoms with E-state index >= 15 is 0 Å². The summed E-state index contributed by atoms with van der Waals surface area (Å²) < 4.78 is 5.22. The average Bonchev–Trinajstić information content (AvgIpc) is 2.76. The van der Waals surface area contributed by atoms with Crippen molar-refractivity contribution in [2.75, 3.05) is 13.1 Å². The number of aromatic nitrogens is 1. The van der Waals surface area contributed by atoms with Crippen molar-refractivity contribution in [2.45, 2.75) is 39.3 Å². The van der Waals surface area contributed by atoms with Crippen LogP contribution in [0.2, 0.25) is 0 Å². The monoisotopic (exact) mass is 209 g/mol. The summed E-state index contributed by atoms with van der Waals surface area (Å²) in [5.41, 5.74) is 8.23. The Morgan fingerprint density at radius 3 is 3.00 bits per heavy atom. The SMILES string of the molecule is CCc1noc(C)c1CN1CCC(N)C1. The molecule has 1 fully saturated rings. The maximum atomic E-state index is 5.88. The highest BCUT2D eigenvalue weighted by Gasteiger charge is 2.22. The summed E-state index contributed by atoms with van der Waals surface area (Å²) in [6.45, 7) is 7.11. The first-order chi connectivity index (χ1) is 7.20. The summed E-state index contributed by atoms with van der Waals surface area (Å²) in [5, 5.41) is 4.06. The van der Waals surface area contributed by atoms with Crippen molar-refractivity contribution in [3.05, 3.63) is 17.0 Å². The van der Waals surface area contributed by atoms with Gasteiger partial charge in [0.25, 0.3) is 0 Å². The summed E-state index contributed by atoms with van der Waals surface area (Å²) in [5.74, 6) is 0.951. The topological polar surface area (TPSA) is 55.3 Å². The van der Waals surface area contributed by atoms with Crippen molar-refractivity contribution < 1.29 is 4.52 Å². The van der Waals surface area contributed by atoms with Crippen molar-refractivity contribution in [3.63, 3.8) is 0 Å². The van der Waals surface area contributed by atoms with Crippen LogP contribution in [-0.2, 0) is 13.0 Å². The Kier molecular flexibility index (Phi) is 3.07. The van der Waals surface area contributed by atoms with E-state index in [9.17, 15) is 0 Å². The Hall–Kier alpha value is -0.870. The second-order valence-electron chi connectivity index (χ2n) is 4.30. The van der Waals surface area contributed by atoms with E-state index in [0.717, 1.165) is 43.9 Å². The molecule has 0 aliphatic carbocycles. The van der Waals surface area contributed by atoms with Gasteiger partial charge >= 0.3 is 0 Å². The molecule has 15 heavy (non-hydrogen) atoms. The van der Waals surface area contributed by atoms with Gasteiger partial charge in [0.2, 0.25) is 0 Å². The van der Waals surface area contributed by atoms with Crippen LogP contribution in [0.25, 0.3) is 0 Å². The van der Waals surface area contributed by atoms with Crippen LogP contribution in [0, 0.1) is 6.92 Å². The van der Waals surface area contributed by atoms with Gasteiger partial charge in [0.1, 0.15) is 5.76 Å². The normalized spacial score (nSPS) is 22.5. The van der Waals surface area contributed by atoms with Crippen molar-refractivity contribution in [1.29, 1.82) is 0 Å². The lowest BCUT2D eigenvalue weighted by molar-refractivity contribution is 0.322. The molecule has 2 rings (SSSR count). The summed E-state index contributed by atoms with van der Waals surface area (Å²) in [6.07, 6.45) is 2.04. The molecule has 1 aliphatic rings. The molecule has 4 heteroatoms. The number of rotatable bonds is 3. The summed E-state index contributed by atoms with van der Waals surface area (Å²) in [6, 6.07) is 0.343. The molecule has 0 spiro atoms. The molecule has 1 aromatic heterocycles. The molecule has 0 aromatic carbocycles. The second-order valence-corrected chi connectivity index (χ2v) is 4.30. The van der Waals surface area contributed by atoms with E-state index in [0.29, 0.717) is 6.04 Å². The minimum atomic E-state index is 0.343. The molecule has 2 heterocycles. The van der Waals surface area contributed by atoms with E-state index in [1.807, 2.05) is 6.92 Å². The molecule has 1 atom stereocenters. The van der Waals surface area contributed by atoms with Crippen LogP contribution < -0.4 is 5.73 Å². The number of likely N-dealkylation sites (tertiary alicyclic amines) is 1. The van der Waals surface area contributed by atoms with E-state index in [4.69, 9.17) is 10.3 Å². The zero-order valence-electron chi connectivity index (χ0n) is 9.49. The van der Waals surface area contributed by atoms with E-state index in [1.54, 1.807) is 0 Å². The van der Waals surface area contributed by atoms with E-state index < -0.39 is 0 Å². The molecule has 1 aromatic rings. The average molecular weight is 209 g/mol. The van der Waals surface area contributed by atoms with Gasteiger partial charge in [-0.1, -0.05) is 12.1 Å². The van der Waals surface area contributed by atoms with Crippen molar-refractivity contribution in [3.8, 4) is 0 Å². The minimum absolute atomic E-state index is 0.343. The highest BCUT2D eigenvalue weighted by molar-refractivity contribution is 5.22. The quantitative estimate of drug-likeness (QED) is 0.809. The largest absolute Gasteiger partial charge is 0.361 e. The van der Waals surface area contributed by atoms with Gasteiger partial charge in [0, 0.05) is 31.2 Å². The lowest BCUT2D eigenvalue weighted by Gasteiger charge is -2.14. The maximum Gasteiger partial charge on any atom is 0.138 e. The molecular formula is C11H19N3O. The fraction of sp³-hybridized carbons (Fsp3) is 0.727. The van der Waals surface area contributed by atoms with Crippen LogP contribution in [-0.4, -0.2) is 29.2 Å². The van der Waals surface area contributed by atoms with Crippen LogP contribution in [0.4, 0.5) is 0 Å². The number of nitrogens with two attached hydrogens (primary N) is 1. The van der Waals surface area contributed by atoms with Crippen molar-refractivity contribution in [2.24, 2.45) is 5.73 Å². The first-order valence-corrected chi connectivity index (χ1v) is 5.62. The lowest BCUT2D eigenvalue weighted by atomic mass is 10.1. The molecule has 0 amide bonds. The van der Waals surface area contributed by atoms with E-state index in [1.165, 1.54) is 5.56 Å². The molecule has 2 N–H and O–H groups in total. The summed E-state index contributed by atoms with van der Waals surface area (Å²) in [4.78, 5) is 2.38. The molecule has 4 nitrogen and oxygen atoms in total. The predicted molar refractivity (Wildman–Crippen MR) is 58.5 cm³/mol. The molecule has 84 valence electrons. The fourth-order valence-corrected chi connectivity index (χ4v) is 2.15.